The van der Waals surface area contributed by atoms with Crippen LogP contribution in [-0.4, -0.2) is 28.6 Å². The summed E-state index contributed by atoms with van der Waals surface area (Å²) in [6.07, 6.45) is 2.67. The Balaban J connectivity index is 3.46. The smallest absolute Gasteiger partial charge is 0.323 e. The molecule has 3 nitrogen and oxygen atoms in total. The van der Waals surface area contributed by atoms with E-state index in [0.29, 0.717) is 11.0 Å². The van der Waals surface area contributed by atoms with Crippen molar-refractivity contribution in [1.29, 1.82) is 0 Å². The standard InChI is InChI=1S/C6H12INO2S/c1-11-3-2-5(8)6(9)10-4-7/h5H,2-4,8H2,1H3. The van der Waals surface area contributed by atoms with Crippen LogP contribution in [0.2, 0.25) is 0 Å². The fourth-order valence-corrected chi connectivity index (χ4v) is 1.32. The summed E-state index contributed by atoms with van der Waals surface area (Å²) in [5, 5.41) is 0. The van der Waals surface area contributed by atoms with Crippen molar-refractivity contribution in [3.8, 4) is 0 Å². The zero-order valence-electron chi connectivity index (χ0n) is 6.38. The van der Waals surface area contributed by atoms with Crippen molar-refractivity contribution in [2.75, 3.05) is 16.6 Å². The third-order valence-electron chi connectivity index (χ3n) is 1.13. The molecule has 1 unspecified atom stereocenters. The number of hydrogen-bond acceptors (Lipinski definition) is 4. The van der Waals surface area contributed by atoms with Crippen LogP contribution in [0.3, 0.4) is 0 Å². The maximum atomic E-state index is 10.9. The van der Waals surface area contributed by atoms with Gasteiger partial charge in [-0.2, -0.15) is 11.8 Å². The first-order chi connectivity index (χ1) is 5.22. The van der Waals surface area contributed by atoms with Crippen molar-refractivity contribution in [1.82, 2.24) is 0 Å². The van der Waals surface area contributed by atoms with Crippen molar-refractivity contribution >= 4 is 40.3 Å². The van der Waals surface area contributed by atoms with Gasteiger partial charge in [-0.05, 0) is 41.0 Å². The quantitative estimate of drug-likeness (QED) is 0.466. The van der Waals surface area contributed by atoms with Gasteiger partial charge in [0.05, 0.1) is 0 Å². The van der Waals surface area contributed by atoms with Gasteiger partial charge in [-0.3, -0.25) is 4.79 Å². The van der Waals surface area contributed by atoms with Crippen LogP contribution in [0.5, 0.6) is 0 Å². The highest BCUT2D eigenvalue weighted by atomic mass is 127. The summed E-state index contributed by atoms with van der Waals surface area (Å²) in [7, 11) is 0. The summed E-state index contributed by atoms with van der Waals surface area (Å²) >= 11 is 3.65. The minimum Gasteiger partial charge on any atom is -0.454 e. The first-order valence-electron chi connectivity index (χ1n) is 3.19. The van der Waals surface area contributed by atoms with Crippen LogP contribution in [0.25, 0.3) is 0 Å². The molecule has 0 heterocycles. The molecule has 0 aliphatic heterocycles. The minimum atomic E-state index is -0.447. The fraction of sp³-hybridized carbons (Fsp3) is 0.833. The zero-order valence-corrected chi connectivity index (χ0v) is 9.35. The second-order valence-electron chi connectivity index (χ2n) is 1.96. The lowest BCUT2D eigenvalue weighted by Gasteiger charge is -2.07. The molecule has 0 spiro atoms. The van der Waals surface area contributed by atoms with Gasteiger partial charge in [-0.25, -0.2) is 0 Å². The van der Waals surface area contributed by atoms with Crippen LogP contribution in [-0.2, 0) is 9.53 Å². The average Bonchev–Trinajstić information content (AvgIpc) is 2.00. The largest absolute Gasteiger partial charge is 0.454 e. The molecular formula is C6H12INO2S. The van der Waals surface area contributed by atoms with Crippen molar-refractivity contribution in [3.05, 3.63) is 0 Å². The molecule has 0 radical (unpaired) electrons. The molecule has 0 aromatic heterocycles. The number of ether oxygens (including phenoxy) is 1. The van der Waals surface area contributed by atoms with Gasteiger partial charge in [-0.1, -0.05) is 0 Å². The maximum absolute atomic E-state index is 10.9. The van der Waals surface area contributed by atoms with Crippen LogP contribution in [0, 0.1) is 0 Å². The number of esters is 1. The predicted octanol–water partition coefficient (Wildman–Crippen LogP) is 1.00. The highest BCUT2D eigenvalue weighted by molar-refractivity contribution is 14.1. The van der Waals surface area contributed by atoms with Gasteiger partial charge < -0.3 is 10.5 Å². The highest BCUT2D eigenvalue weighted by Crippen LogP contribution is 2.00. The predicted molar refractivity (Wildman–Crippen MR) is 56.0 cm³/mol. The lowest BCUT2D eigenvalue weighted by molar-refractivity contribution is -0.142. The third kappa shape index (κ3) is 5.75. The van der Waals surface area contributed by atoms with Crippen LogP contribution in [0.1, 0.15) is 6.42 Å². The van der Waals surface area contributed by atoms with E-state index in [-0.39, 0.29) is 5.97 Å². The van der Waals surface area contributed by atoms with E-state index >= 15 is 0 Å². The molecule has 66 valence electrons. The number of hydrogen-bond donors (Lipinski definition) is 1. The van der Waals surface area contributed by atoms with E-state index in [1.165, 1.54) is 0 Å². The number of carbonyl (C=O) groups is 1. The second kappa shape index (κ2) is 7.17. The van der Waals surface area contributed by atoms with Gasteiger partial charge in [-0.15, -0.1) is 0 Å². The van der Waals surface area contributed by atoms with Crippen LogP contribution < -0.4 is 5.73 Å². The molecule has 0 aromatic carbocycles. The zero-order chi connectivity index (χ0) is 8.69. The van der Waals surface area contributed by atoms with Crippen LogP contribution >= 0.6 is 34.4 Å². The number of rotatable bonds is 5. The highest BCUT2D eigenvalue weighted by Gasteiger charge is 2.12. The van der Waals surface area contributed by atoms with Gasteiger partial charge in [0.15, 0.2) is 0 Å². The first-order valence-corrected chi connectivity index (χ1v) is 6.11. The molecule has 0 saturated heterocycles. The van der Waals surface area contributed by atoms with E-state index < -0.39 is 6.04 Å². The summed E-state index contributed by atoms with van der Waals surface area (Å²) in [5.41, 5.74) is 5.50. The molecule has 0 saturated carbocycles. The molecule has 5 heteroatoms. The lowest BCUT2D eigenvalue weighted by Crippen LogP contribution is -2.32. The topological polar surface area (TPSA) is 52.3 Å². The second-order valence-corrected chi connectivity index (χ2v) is 3.57. The Hall–Kier alpha value is 0.510. The Kier molecular flexibility index (Phi) is 7.51. The summed E-state index contributed by atoms with van der Waals surface area (Å²) in [6, 6.07) is -0.447. The monoisotopic (exact) mass is 289 g/mol. The van der Waals surface area contributed by atoms with E-state index in [0.717, 1.165) is 5.75 Å². The van der Waals surface area contributed by atoms with E-state index in [2.05, 4.69) is 0 Å². The molecule has 0 bridgehead atoms. The van der Waals surface area contributed by atoms with E-state index in [4.69, 9.17) is 10.5 Å². The Morgan fingerprint density at radius 3 is 2.91 bits per heavy atom. The van der Waals surface area contributed by atoms with Gasteiger partial charge in [0.2, 0.25) is 0 Å². The molecule has 0 rings (SSSR count). The molecule has 1 atom stereocenters. The number of thioether (sulfide) groups is 1. The van der Waals surface area contributed by atoms with Crippen LogP contribution in [0.15, 0.2) is 0 Å². The molecule has 2 N–H and O–H groups in total. The number of alkyl halides is 1. The molecule has 0 amide bonds. The summed E-state index contributed by atoms with van der Waals surface area (Å²) in [4.78, 5) is 10.9. The van der Waals surface area contributed by atoms with Crippen molar-refractivity contribution < 1.29 is 9.53 Å². The lowest BCUT2D eigenvalue weighted by atomic mass is 10.2. The molecule has 0 aliphatic carbocycles. The molecule has 11 heavy (non-hydrogen) atoms. The van der Waals surface area contributed by atoms with E-state index in [1.54, 1.807) is 11.8 Å². The minimum absolute atomic E-state index is 0.298. The van der Waals surface area contributed by atoms with Gasteiger partial charge in [0.1, 0.15) is 10.7 Å². The maximum Gasteiger partial charge on any atom is 0.323 e. The van der Waals surface area contributed by atoms with Gasteiger partial charge in [0.25, 0.3) is 0 Å². The van der Waals surface area contributed by atoms with Crippen LogP contribution in [0.4, 0.5) is 0 Å². The molecular weight excluding hydrogens is 277 g/mol. The van der Waals surface area contributed by atoms with Crippen molar-refractivity contribution in [2.45, 2.75) is 12.5 Å². The average molecular weight is 289 g/mol. The molecule has 0 fully saturated rings. The van der Waals surface area contributed by atoms with Crippen molar-refractivity contribution in [3.63, 3.8) is 0 Å². The first kappa shape index (κ1) is 11.5. The molecule has 0 aromatic rings. The summed E-state index contributed by atoms with van der Waals surface area (Å²) < 4.78 is 5.09. The normalized spacial score (nSPS) is 12.6. The fourth-order valence-electron chi connectivity index (χ4n) is 0.523. The number of halogens is 1. The Labute approximate surface area is 84.6 Å². The van der Waals surface area contributed by atoms with Gasteiger partial charge >= 0.3 is 5.97 Å². The van der Waals surface area contributed by atoms with Crippen molar-refractivity contribution in [2.24, 2.45) is 5.73 Å². The number of carbonyl (C=O) groups excluding carboxylic acids is 1. The summed E-state index contributed by atoms with van der Waals surface area (Å²) in [5.74, 6) is 0.603. The molecule has 0 aliphatic rings. The SMILES string of the molecule is CSCCC(N)C(=O)OCI. The van der Waals surface area contributed by atoms with Gasteiger partial charge in [0, 0.05) is 0 Å². The van der Waals surface area contributed by atoms with E-state index in [1.807, 2.05) is 28.8 Å². The Bertz CT molecular complexity index is 123. The Morgan fingerprint density at radius 2 is 2.45 bits per heavy atom. The van der Waals surface area contributed by atoms with E-state index in [9.17, 15) is 4.79 Å². The third-order valence-corrected chi connectivity index (χ3v) is 2.09. The summed E-state index contributed by atoms with van der Waals surface area (Å²) in [6.45, 7) is 0. The number of nitrogens with two attached hydrogens (primary N) is 1. The Morgan fingerprint density at radius 1 is 1.82 bits per heavy atom.